The molecule has 2 aromatic carbocycles. The summed E-state index contributed by atoms with van der Waals surface area (Å²) < 4.78 is 5.22. The number of quaternary nitrogens is 1. The summed E-state index contributed by atoms with van der Waals surface area (Å²) in [6.07, 6.45) is 0. The van der Waals surface area contributed by atoms with E-state index in [0.29, 0.717) is 33.7 Å². The Kier molecular flexibility index (Phi) is 7.91. The Labute approximate surface area is 168 Å². The lowest BCUT2D eigenvalue weighted by atomic mass is 10.3. The van der Waals surface area contributed by atoms with Crippen molar-refractivity contribution in [2.75, 3.05) is 37.4 Å². The van der Waals surface area contributed by atoms with Crippen molar-refractivity contribution in [3.8, 4) is 5.75 Å². The first-order valence-electron chi connectivity index (χ1n) is 8.44. The van der Waals surface area contributed by atoms with Gasteiger partial charge in [-0.1, -0.05) is 41.4 Å². The average Bonchev–Trinajstić information content (AvgIpc) is 2.65. The van der Waals surface area contributed by atoms with Crippen molar-refractivity contribution >= 4 is 46.4 Å². The highest BCUT2D eigenvalue weighted by Crippen LogP contribution is 2.29. The van der Waals surface area contributed by atoms with Gasteiger partial charge in [0.2, 0.25) is 0 Å². The number of amides is 2. The van der Waals surface area contributed by atoms with E-state index in [2.05, 4.69) is 10.6 Å². The molecule has 0 fully saturated rings. The summed E-state index contributed by atoms with van der Waals surface area (Å²) in [6.45, 7) is 2.78. The standard InChI is InChI=1S/C19H21Cl2N3O3/c1-3-24(11-17(25)22-14-8-4-5-10-16(14)27-2)12-18(26)23-15-9-6-7-13(20)19(15)21/h4-10H,3,11-12H2,1-2H3,(H,22,25)(H,23,26)/p+1. The molecule has 8 heteroatoms. The predicted octanol–water partition coefficient (Wildman–Crippen LogP) is 2.48. The smallest absolute Gasteiger partial charge is 0.279 e. The zero-order valence-electron chi connectivity index (χ0n) is 15.1. The number of hydrogen-bond donors (Lipinski definition) is 3. The van der Waals surface area contributed by atoms with E-state index in [1.807, 2.05) is 19.1 Å². The van der Waals surface area contributed by atoms with Crippen LogP contribution in [-0.2, 0) is 9.59 Å². The van der Waals surface area contributed by atoms with Crippen LogP contribution in [0.5, 0.6) is 5.75 Å². The van der Waals surface area contributed by atoms with Gasteiger partial charge in [-0.15, -0.1) is 0 Å². The molecular weight excluding hydrogens is 389 g/mol. The van der Waals surface area contributed by atoms with Crippen molar-refractivity contribution in [2.45, 2.75) is 6.92 Å². The number of nitrogens with one attached hydrogen (secondary N) is 3. The molecule has 0 bridgehead atoms. The normalized spacial score (nSPS) is 11.6. The number of carbonyl (C=O) groups is 2. The Balaban J connectivity index is 1.93. The van der Waals surface area contributed by atoms with Gasteiger partial charge in [-0.25, -0.2) is 0 Å². The van der Waals surface area contributed by atoms with Gasteiger partial charge in [0.05, 0.1) is 35.1 Å². The number of likely N-dealkylation sites (N-methyl/N-ethyl adjacent to an activating group) is 1. The maximum absolute atomic E-state index is 12.3. The van der Waals surface area contributed by atoms with Gasteiger partial charge in [0.15, 0.2) is 13.1 Å². The molecule has 0 aliphatic carbocycles. The fourth-order valence-electron chi connectivity index (χ4n) is 2.50. The summed E-state index contributed by atoms with van der Waals surface area (Å²) in [5.41, 5.74) is 1.04. The fraction of sp³-hybridized carbons (Fsp3) is 0.263. The van der Waals surface area contributed by atoms with Gasteiger partial charge in [-0.3, -0.25) is 9.59 Å². The Morgan fingerprint density at radius 1 is 0.963 bits per heavy atom. The molecule has 2 rings (SSSR count). The number of carbonyl (C=O) groups excluding carboxylic acids is 2. The third kappa shape index (κ3) is 6.13. The monoisotopic (exact) mass is 410 g/mol. The van der Waals surface area contributed by atoms with E-state index in [-0.39, 0.29) is 24.9 Å². The number of rotatable bonds is 8. The molecule has 1 unspecified atom stereocenters. The first-order chi connectivity index (χ1) is 12.9. The van der Waals surface area contributed by atoms with Crippen LogP contribution in [-0.4, -0.2) is 38.6 Å². The van der Waals surface area contributed by atoms with Gasteiger partial charge >= 0.3 is 0 Å². The number of hydrogen-bond acceptors (Lipinski definition) is 3. The molecule has 3 N–H and O–H groups in total. The van der Waals surface area contributed by atoms with Crippen molar-refractivity contribution < 1.29 is 19.2 Å². The fourth-order valence-corrected chi connectivity index (χ4v) is 2.85. The van der Waals surface area contributed by atoms with Crippen molar-refractivity contribution in [1.82, 2.24) is 0 Å². The van der Waals surface area contributed by atoms with Gasteiger partial charge in [0, 0.05) is 0 Å². The van der Waals surface area contributed by atoms with E-state index in [4.69, 9.17) is 27.9 Å². The Bertz CT molecular complexity index is 815. The lowest BCUT2D eigenvalue weighted by Crippen LogP contribution is -3.13. The van der Waals surface area contributed by atoms with Crippen LogP contribution >= 0.6 is 23.2 Å². The summed E-state index contributed by atoms with van der Waals surface area (Å²) in [5.74, 6) is 0.128. The van der Waals surface area contributed by atoms with Gasteiger partial charge in [-0.05, 0) is 31.2 Å². The quantitative estimate of drug-likeness (QED) is 0.625. The van der Waals surface area contributed by atoms with E-state index in [1.165, 1.54) is 0 Å². The lowest BCUT2D eigenvalue weighted by Gasteiger charge is -2.18. The highest BCUT2D eigenvalue weighted by atomic mass is 35.5. The van der Waals surface area contributed by atoms with Crippen LogP contribution in [0.1, 0.15) is 6.92 Å². The molecule has 6 nitrogen and oxygen atoms in total. The summed E-state index contributed by atoms with van der Waals surface area (Å²) in [5, 5.41) is 6.20. The number of halogens is 2. The van der Waals surface area contributed by atoms with E-state index >= 15 is 0 Å². The zero-order valence-corrected chi connectivity index (χ0v) is 16.7. The van der Waals surface area contributed by atoms with Crippen molar-refractivity contribution in [3.63, 3.8) is 0 Å². The van der Waals surface area contributed by atoms with Crippen molar-refractivity contribution in [3.05, 3.63) is 52.5 Å². The van der Waals surface area contributed by atoms with E-state index in [0.717, 1.165) is 4.90 Å². The number of methoxy groups -OCH3 is 1. The third-order valence-corrected chi connectivity index (χ3v) is 4.75. The molecule has 0 saturated carbocycles. The van der Waals surface area contributed by atoms with Gasteiger partial charge < -0.3 is 20.3 Å². The molecular formula is C19H22Cl2N3O3+. The molecule has 0 aromatic heterocycles. The molecule has 2 amide bonds. The minimum absolute atomic E-state index is 0.124. The van der Waals surface area contributed by atoms with E-state index in [9.17, 15) is 9.59 Å². The SMILES string of the molecule is CC[NH+](CC(=O)Nc1ccccc1OC)CC(=O)Nc1cccc(Cl)c1Cl. The minimum atomic E-state index is -0.249. The molecule has 0 spiro atoms. The highest BCUT2D eigenvalue weighted by Gasteiger charge is 2.18. The highest BCUT2D eigenvalue weighted by molar-refractivity contribution is 6.43. The number of ether oxygens (including phenoxy) is 1. The van der Waals surface area contributed by atoms with E-state index in [1.54, 1.807) is 37.4 Å². The molecule has 0 saturated heterocycles. The topological polar surface area (TPSA) is 71.9 Å². The van der Waals surface area contributed by atoms with Crippen molar-refractivity contribution in [2.24, 2.45) is 0 Å². The van der Waals surface area contributed by atoms with Crippen LogP contribution in [0.3, 0.4) is 0 Å². The number of anilines is 2. The van der Waals surface area contributed by atoms with Crippen LogP contribution in [0, 0.1) is 0 Å². The summed E-state index contributed by atoms with van der Waals surface area (Å²) in [6, 6.07) is 12.2. The second-order valence-corrected chi connectivity index (χ2v) is 6.64. The number of benzene rings is 2. The second kappa shape index (κ2) is 10.2. The van der Waals surface area contributed by atoms with Crippen LogP contribution in [0.4, 0.5) is 11.4 Å². The molecule has 0 heterocycles. The maximum atomic E-state index is 12.3. The zero-order chi connectivity index (χ0) is 19.8. The first kappa shape index (κ1) is 21.0. The van der Waals surface area contributed by atoms with Crippen molar-refractivity contribution in [1.29, 1.82) is 0 Å². The maximum Gasteiger partial charge on any atom is 0.279 e. The second-order valence-electron chi connectivity index (χ2n) is 5.86. The van der Waals surface area contributed by atoms with Gasteiger partial charge in [0.1, 0.15) is 5.75 Å². The molecule has 2 aromatic rings. The average molecular weight is 411 g/mol. The Morgan fingerprint density at radius 3 is 2.19 bits per heavy atom. The van der Waals surface area contributed by atoms with Gasteiger partial charge in [0.25, 0.3) is 11.8 Å². The Hall–Kier alpha value is -2.28. The molecule has 0 radical (unpaired) electrons. The lowest BCUT2D eigenvalue weighted by molar-refractivity contribution is -0.881. The number of para-hydroxylation sites is 2. The molecule has 0 aliphatic rings. The minimum Gasteiger partial charge on any atom is -0.495 e. The van der Waals surface area contributed by atoms with Gasteiger partial charge in [-0.2, -0.15) is 0 Å². The third-order valence-electron chi connectivity index (χ3n) is 3.93. The summed E-state index contributed by atoms with van der Waals surface area (Å²) in [7, 11) is 1.54. The van der Waals surface area contributed by atoms with Crippen LogP contribution in [0.25, 0.3) is 0 Å². The molecule has 27 heavy (non-hydrogen) atoms. The van der Waals surface area contributed by atoms with Crippen LogP contribution < -0.4 is 20.3 Å². The summed E-state index contributed by atoms with van der Waals surface area (Å²) >= 11 is 12.0. The molecule has 1 atom stereocenters. The molecule has 0 aliphatic heterocycles. The summed E-state index contributed by atoms with van der Waals surface area (Å²) in [4.78, 5) is 25.4. The first-order valence-corrected chi connectivity index (χ1v) is 9.20. The Morgan fingerprint density at radius 2 is 1.56 bits per heavy atom. The molecule has 144 valence electrons. The van der Waals surface area contributed by atoms with Crippen LogP contribution in [0.2, 0.25) is 10.0 Å². The van der Waals surface area contributed by atoms with Crippen LogP contribution in [0.15, 0.2) is 42.5 Å². The largest absolute Gasteiger partial charge is 0.495 e. The predicted molar refractivity (Wildman–Crippen MR) is 108 cm³/mol. The van der Waals surface area contributed by atoms with E-state index < -0.39 is 0 Å².